The molecular weight excluding hydrogens is 340 g/mol. The van der Waals surface area contributed by atoms with Gasteiger partial charge in [-0.25, -0.2) is 8.78 Å². The second-order valence-electron chi connectivity index (χ2n) is 5.05. The Morgan fingerprint density at radius 3 is 2.46 bits per heavy atom. The summed E-state index contributed by atoms with van der Waals surface area (Å²) in [5, 5.41) is 2.84. The van der Waals surface area contributed by atoms with E-state index < -0.39 is 23.6 Å². The number of halogens is 3. The van der Waals surface area contributed by atoms with Gasteiger partial charge in [0.05, 0.1) is 25.3 Å². The number of carbonyl (C=O) groups excluding carboxylic acids is 1. The summed E-state index contributed by atoms with van der Waals surface area (Å²) >= 11 is 6.07. The number of benzene rings is 2. The van der Waals surface area contributed by atoms with Gasteiger partial charge in [0.15, 0.2) is 11.5 Å². The first kappa shape index (κ1) is 18.0. The number of methoxy groups -OCH3 is 2. The molecule has 0 aliphatic heterocycles. The van der Waals surface area contributed by atoms with E-state index in [4.69, 9.17) is 21.1 Å². The zero-order valence-electron chi connectivity index (χ0n) is 13.3. The Bertz CT molecular complexity index is 768. The maximum Gasteiger partial charge on any atom is 0.251 e. The van der Waals surface area contributed by atoms with Crippen LogP contribution >= 0.6 is 11.6 Å². The van der Waals surface area contributed by atoms with Crippen LogP contribution in [0.2, 0.25) is 5.02 Å². The zero-order valence-corrected chi connectivity index (χ0v) is 14.1. The molecule has 1 N–H and O–H groups in total. The minimum absolute atomic E-state index is 0.177. The van der Waals surface area contributed by atoms with Gasteiger partial charge in [0, 0.05) is 17.2 Å². The predicted octanol–water partition coefficient (Wildman–Crippen LogP) is 4.13. The molecule has 0 saturated heterocycles. The summed E-state index contributed by atoms with van der Waals surface area (Å²) in [6, 6.07) is 5.42. The lowest BCUT2D eigenvalue weighted by atomic mass is 10.1. The summed E-state index contributed by atoms with van der Waals surface area (Å²) in [6.07, 6.45) is 0. The maximum atomic E-state index is 13.8. The van der Waals surface area contributed by atoms with Crippen molar-refractivity contribution in [3.05, 3.63) is 58.1 Å². The Kier molecular flexibility index (Phi) is 5.62. The number of nitrogens with one attached hydrogen (secondary N) is 1. The molecule has 24 heavy (non-hydrogen) atoms. The van der Waals surface area contributed by atoms with Gasteiger partial charge < -0.3 is 14.8 Å². The molecule has 2 rings (SSSR count). The van der Waals surface area contributed by atoms with Crippen molar-refractivity contribution in [2.24, 2.45) is 0 Å². The highest BCUT2D eigenvalue weighted by Gasteiger charge is 2.18. The van der Waals surface area contributed by atoms with Crippen molar-refractivity contribution in [2.75, 3.05) is 14.2 Å². The molecule has 7 heteroatoms. The molecule has 2 aromatic carbocycles. The Labute approximate surface area is 143 Å². The van der Waals surface area contributed by atoms with Crippen molar-refractivity contribution in [1.29, 1.82) is 0 Å². The fraction of sp³-hybridized carbons (Fsp3) is 0.235. The van der Waals surface area contributed by atoms with Crippen LogP contribution in [0.3, 0.4) is 0 Å². The van der Waals surface area contributed by atoms with Crippen molar-refractivity contribution >= 4 is 17.5 Å². The lowest BCUT2D eigenvalue weighted by Gasteiger charge is -2.16. The normalized spacial score (nSPS) is 11.8. The zero-order chi connectivity index (χ0) is 17.9. The van der Waals surface area contributed by atoms with E-state index in [9.17, 15) is 13.6 Å². The van der Waals surface area contributed by atoms with E-state index in [0.29, 0.717) is 11.5 Å². The van der Waals surface area contributed by atoms with Gasteiger partial charge in [-0.05, 0) is 25.1 Å². The van der Waals surface area contributed by atoms with Gasteiger partial charge in [0.1, 0.15) is 11.6 Å². The Hall–Kier alpha value is -2.34. The maximum absolute atomic E-state index is 13.8. The fourth-order valence-corrected chi connectivity index (χ4v) is 2.55. The summed E-state index contributed by atoms with van der Waals surface area (Å²) < 4.78 is 37.0. The van der Waals surface area contributed by atoms with E-state index in [-0.39, 0.29) is 16.1 Å². The Morgan fingerprint density at radius 2 is 1.88 bits per heavy atom. The van der Waals surface area contributed by atoms with E-state index in [2.05, 4.69) is 5.32 Å². The molecule has 0 aliphatic carbocycles. The van der Waals surface area contributed by atoms with Crippen molar-refractivity contribution in [3.8, 4) is 11.5 Å². The standard InChI is InChI=1S/C17H16ClF2NO3/c1-9(12-5-4-11(19)8-14(12)20)21-17(22)10-6-13(18)16(24-3)15(7-10)23-2/h4-9H,1-3H3,(H,21,22)/t9-/m0/s1. The summed E-state index contributed by atoms with van der Waals surface area (Å²) in [4.78, 5) is 12.4. The lowest BCUT2D eigenvalue weighted by molar-refractivity contribution is 0.0939. The average molecular weight is 356 g/mol. The summed E-state index contributed by atoms with van der Waals surface area (Å²) in [5.41, 5.74) is 0.406. The van der Waals surface area contributed by atoms with Crippen molar-refractivity contribution in [3.63, 3.8) is 0 Å². The highest BCUT2D eigenvalue weighted by atomic mass is 35.5. The van der Waals surface area contributed by atoms with Crippen LogP contribution in [0.5, 0.6) is 11.5 Å². The average Bonchev–Trinajstić information content (AvgIpc) is 2.53. The molecule has 0 saturated carbocycles. The van der Waals surface area contributed by atoms with Gasteiger partial charge in [-0.2, -0.15) is 0 Å². The smallest absolute Gasteiger partial charge is 0.251 e. The van der Waals surface area contributed by atoms with Gasteiger partial charge in [0.25, 0.3) is 5.91 Å². The molecule has 0 aromatic heterocycles. The largest absolute Gasteiger partial charge is 0.493 e. The third-order valence-electron chi connectivity index (χ3n) is 3.47. The molecule has 1 amide bonds. The van der Waals surface area contributed by atoms with Crippen LogP contribution in [0, 0.1) is 11.6 Å². The molecule has 0 fully saturated rings. The molecule has 0 unspecified atom stereocenters. The molecular formula is C17H16ClF2NO3. The second-order valence-corrected chi connectivity index (χ2v) is 5.46. The molecule has 0 radical (unpaired) electrons. The number of hydrogen-bond donors (Lipinski definition) is 1. The van der Waals surface area contributed by atoms with Gasteiger partial charge in [-0.1, -0.05) is 17.7 Å². The molecule has 1 atom stereocenters. The Morgan fingerprint density at radius 1 is 1.17 bits per heavy atom. The Balaban J connectivity index is 2.24. The molecule has 0 aliphatic rings. The number of amides is 1. The van der Waals surface area contributed by atoms with Crippen LogP contribution in [0.25, 0.3) is 0 Å². The van der Waals surface area contributed by atoms with Gasteiger partial charge in [-0.15, -0.1) is 0 Å². The number of hydrogen-bond acceptors (Lipinski definition) is 3. The van der Waals surface area contributed by atoms with Gasteiger partial charge in [0.2, 0.25) is 0 Å². The molecule has 0 heterocycles. The van der Waals surface area contributed by atoms with Crippen molar-refractivity contribution < 1.29 is 23.0 Å². The van der Waals surface area contributed by atoms with Crippen LogP contribution < -0.4 is 14.8 Å². The first-order valence-electron chi connectivity index (χ1n) is 7.04. The quantitative estimate of drug-likeness (QED) is 0.877. The molecule has 2 aromatic rings. The van der Waals surface area contributed by atoms with E-state index >= 15 is 0 Å². The van der Waals surface area contributed by atoms with Crippen LogP contribution in [-0.4, -0.2) is 20.1 Å². The third kappa shape index (κ3) is 3.76. The van der Waals surface area contributed by atoms with Crippen molar-refractivity contribution in [2.45, 2.75) is 13.0 Å². The van der Waals surface area contributed by atoms with Crippen molar-refractivity contribution in [1.82, 2.24) is 5.32 Å². The summed E-state index contributed by atoms with van der Waals surface area (Å²) in [5.74, 6) is -1.27. The fourth-order valence-electron chi connectivity index (χ4n) is 2.26. The third-order valence-corrected chi connectivity index (χ3v) is 3.75. The van der Waals surface area contributed by atoms with E-state index in [1.807, 2.05) is 0 Å². The highest BCUT2D eigenvalue weighted by Crippen LogP contribution is 2.36. The predicted molar refractivity (Wildman–Crippen MR) is 86.8 cm³/mol. The second kappa shape index (κ2) is 7.49. The number of carbonyl (C=O) groups is 1. The summed E-state index contributed by atoms with van der Waals surface area (Å²) in [7, 11) is 2.86. The van der Waals surface area contributed by atoms with Gasteiger partial charge in [-0.3, -0.25) is 4.79 Å². The minimum Gasteiger partial charge on any atom is -0.493 e. The summed E-state index contributed by atoms with van der Waals surface area (Å²) in [6.45, 7) is 1.59. The molecule has 128 valence electrons. The van der Waals surface area contributed by atoms with Crippen LogP contribution in [0.15, 0.2) is 30.3 Å². The minimum atomic E-state index is -0.729. The lowest BCUT2D eigenvalue weighted by Crippen LogP contribution is -2.27. The monoisotopic (exact) mass is 355 g/mol. The van der Waals surface area contributed by atoms with E-state index in [1.165, 1.54) is 32.4 Å². The van der Waals surface area contributed by atoms with Crippen LogP contribution in [-0.2, 0) is 0 Å². The molecule has 0 bridgehead atoms. The molecule has 4 nitrogen and oxygen atoms in total. The topological polar surface area (TPSA) is 47.6 Å². The SMILES string of the molecule is COc1cc(C(=O)N[C@@H](C)c2ccc(F)cc2F)cc(Cl)c1OC. The number of ether oxygens (including phenoxy) is 2. The number of rotatable bonds is 5. The van der Waals surface area contributed by atoms with E-state index in [0.717, 1.165) is 12.1 Å². The van der Waals surface area contributed by atoms with Crippen LogP contribution in [0.1, 0.15) is 28.9 Å². The van der Waals surface area contributed by atoms with Gasteiger partial charge >= 0.3 is 0 Å². The first-order chi connectivity index (χ1) is 11.4. The van der Waals surface area contributed by atoms with E-state index in [1.54, 1.807) is 6.92 Å². The molecule has 0 spiro atoms. The first-order valence-corrected chi connectivity index (χ1v) is 7.42. The highest BCUT2D eigenvalue weighted by molar-refractivity contribution is 6.32. The van der Waals surface area contributed by atoms with Crippen LogP contribution in [0.4, 0.5) is 8.78 Å².